The third-order valence-corrected chi connectivity index (χ3v) is 3.80. The Labute approximate surface area is 101 Å². The predicted molar refractivity (Wildman–Crippen MR) is 71.7 cm³/mol. The van der Waals surface area contributed by atoms with Crippen molar-refractivity contribution in [2.24, 2.45) is 5.73 Å². The quantitative estimate of drug-likeness (QED) is 0.607. The number of hydrogen-bond acceptors (Lipinski definition) is 3. The van der Waals surface area contributed by atoms with E-state index in [2.05, 4.69) is 17.9 Å². The van der Waals surface area contributed by atoms with Gasteiger partial charge < -0.3 is 10.6 Å². The minimum atomic E-state index is 0.164. The second kappa shape index (κ2) is 4.78. The molecule has 3 N–H and O–H groups in total. The molecule has 3 nitrogen and oxygen atoms in total. The molecule has 1 aromatic rings. The lowest BCUT2D eigenvalue weighted by molar-refractivity contribution is 0.853. The smallest absolute Gasteiger partial charge is 0.124 e. The van der Waals surface area contributed by atoms with E-state index in [0.717, 1.165) is 35.8 Å². The molecule has 0 spiro atoms. The molecule has 0 radical (unpaired) electrons. The zero-order chi connectivity index (χ0) is 11.5. The van der Waals surface area contributed by atoms with Crippen LogP contribution >= 0.6 is 11.8 Å². The molecule has 0 aromatic heterocycles. The Morgan fingerprint density at radius 3 is 2.69 bits per heavy atom. The summed E-state index contributed by atoms with van der Waals surface area (Å²) < 4.78 is 0. The van der Waals surface area contributed by atoms with E-state index in [1.807, 2.05) is 23.9 Å². The molecule has 1 heterocycles. The average Bonchev–Trinajstić information content (AvgIpc) is 2.29. The Morgan fingerprint density at radius 1 is 1.38 bits per heavy atom. The number of thioether (sulfide) groups is 1. The fourth-order valence-corrected chi connectivity index (χ4v) is 2.99. The Hall–Kier alpha value is -1.16. The van der Waals surface area contributed by atoms with Gasteiger partial charge in [-0.1, -0.05) is 12.1 Å². The van der Waals surface area contributed by atoms with Gasteiger partial charge in [0.05, 0.1) is 5.69 Å². The van der Waals surface area contributed by atoms with Crippen molar-refractivity contribution >= 4 is 23.3 Å². The van der Waals surface area contributed by atoms with Crippen molar-refractivity contribution in [3.63, 3.8) is 0 Å². The van der Waals surface area contributed by atoms with E-state index < -0.39 is 0 Å². The first-order chi connectivity index (χ1) is 7.70. The number of nitrogens with zero attached hydrogens (tertiary/aromatic N) is 1. The minimum absolute atomic E-state index is 0.164. The van der Waals surface area contributed by atoms with E-state index in [-0.39, 0.29) is 5.84 Å². The summed E-state index contributed by atoms with van der Waals surface area (Å²) in [4.78, 5) is 2.35. The molecule has 16 heavy (non-hydrogen) atoms. The van der Waals surface area contributed by atoms with Crippen LogP contribution in [-0.2, 0) is 0 Å². The summed E-state index contributed by atoms with van der Waals surface area (Å²) >= 11 is 1.99. The number of benzene rings is 1. The van der Waals surface area contributed by atoms with Crippen LogP contribution in [0.2, 0.25) is 0 Å². The van der Waals surface area contributed by atoms with Gasteiger partial charge in [0.2, 0.25) is 0 Å². The van der Waals surface area contributed by atoms with E-state index in [0.29, 0.717) is 0 Å². The van der Waals surface area contributed by atoms with Crippen LogP contribution in [0.4, 0.5) is 5.69 Å². The van der Waals surface area contributed by atoms with Gasteiger partial charge in [-0.15, -0.1) is 0 Å². The number of nitrogens with two attached hydrogens (primary N) is 1. The van der Waals surface area contributed by atoms with Crippen molar-refractivity contribution in [3.8, 4) is 0 Å². The summed E-state index contributed by atoms with van der Waals surface area (Å²) in [6.07, 6.45) is 0. The van der Waals surface area contributed by atoms with Crippen molar-refractivity contribution in [1.82, 2.24) is 0 Å². The number of para-hydroxylation sites is 1. The van der Waals surface area contributed by atoms with E-state index in [1.165, 1.54) is 5.56 Å². The lowest BCUT2D eigenvalue weighted by Crippen LogP contribution is -2.34. The van der Waals surface area contributed by atoms with Crippen molar-refractivity contribution in [1.29, 1.82) is 5.41 Å². The highest BCUT2D eigenvalue weighted by atomic mass is 32.2. The molecule has 86 valence electrons. The number of nitrogen functional groups attached to an aromatic ring is 1. The molecule has 1 aliphatic heterocycles. The maximum Gasteiger partial charge on any atom is 0.124 e. The molecule has 1 aromatic carbocycles. The number of aryl methyl sites for hydroxylation is 1. The summed E-state index contributed by atoms with van der Waals surface area (Å²) in [5.74, 6) is 2.48. The van der Waals surface area contributed by atoms with Crippen molar-refractivity contribution < 1.29 is 0 Å². The van der Waals surface area contributed by atoms with E-state index in [4.69, 9.17) is 11.1 Å². The first-order valence-corrected chi connectivity index (χ1v) is 6.62. The SMILES string of the molecule is Cc1cccc(C(=N)N)c1N1CCSCC1. The van der Waals surface area contributed by atoms with Gasteiger partial charge in [-0.3, -0.25) is 5.41 Å². The van der Waals surface area contributed by atoms with Crippen LogP contribution in [0.5, 0.6) is 0 Å². The number of nitrogens with one attached hydrogen (secondary N) is 1. The summed E-state index contributed by atoms with van der Waals surface area (Å²) in [7, 11) is 0. The molecule has 1 saturated heterocycles. The molecule has 0 aliphatic carbocycles. The molecule has 1 aliphatic rings. The van der Waals surface area contributed by atoms with E-state index >= 15 is 0 Å². The summed E-state index contributed by atoms with van der Waals surface area (Å²) in [6, 6.07) is 5.99. The van der Waals surface area contributed by atoms with Crippen LogP contribution in [0.1, 0.15) is 11.1 Å². The zero-order valence-corrected chi connectivity index (χ0v) is 10.3. The lowest BCUT2D eigenvalue weighted by atomic mass is 10.1. The van der Waals surface area contributed by atoms with Crippen molar-refractivity contribution in [3.05, 3.63) is 29.3 Å². The Bertz CT molecular complexity index is 397. The summed E-state index contributed by atoms with van der Waals surface area (Å²) in [5.41, 5.74) is 8.87. The highest BCUT2D eigenvalue weighted by Gasteiger charge is 2.17. The normalized spacial score (nSPS) is 16.2. The van der Waals surface area contributed by atoms with Crippen molar-refractivity contribution in [2.75, 3.05) is 29.5 Å². The Balaban J connectivity index is 2.40. The average molecular weight is 235 g/mol. The van der Waals surface area contributed by atoms with Gasteiger partial charge in [-0.25, -0.2) is 0 Å². The Morgan fingerprint density at radius 2 is 2.06 bits per heavy atom. The number of hydrogen-bond donors (Lipinski definition) is 2. The predicted octanol–water partition coefficient (Wildman–Crippen LogP) is 1.83. The highest BCUT2D eigenvalue weighted by molar-refractivity contribution is 7.99. The fourth-order valence-electron chi connectivity index (χ4n) is 2.08. The molecule has 4 heteroatoms. The molecule has 2 rings (SSSR count). The molecule has 0 bridgehead atoms. The maximum atomic E-state index is 7.64. The first-order valence-electron chi connectivity index (χ1n) is 5.47. The lowest BCUT2D eigenvalue weighted by Gasteiger charge is -2.31. The van der Waals surface area contributed by atoms with Crippen LogP contribution < -0.4 is 10.6 Å². The molecule has 1 fully saturated rings. The van der Waals surface area contributed by atoms with Crippen molar-refractivity contribution in [2.45, 2.75) is 6.92 Å². The van der Waals surface area contributed by atoms with Crippen LogP contribution in [0.15, 0.2) is 18.2 Å². The zero-order valence-electron chi connectivity index (χ0n) is 9.49. The third-order valence-electron chi connectivity index (χ3n) is 2.86. The van der Waals surface area contributed by atoms with Gasteiger partial charge >= 0.3 is 0 Å². The van der Waals surface area contributed by atoms with Crippen LogP contribution in [-0.4, -0.2) is 30.4 Å². The molecule has 0 unspecified atom stereocenters. The van der Waals surface area contributed by atoms with Gasteiger partial charge in [0.25, 0.3) is 0 Å². The Kier molecular flexibility index (Phi) is 3.39. The second-order valence-corrected chi connectivity index (χ2v) is 5.21. The van der Waals surface area contributed by atoms with E-state index in [9.17, 15) is 0 Å². The van der Waals surface area contributed by atoms with Crippen LogP contribution in [0.25, 0.3) is 0 Å². The van der Waals surface area contributed by atoms with Crippen LogP contribution in [0, 0.1) is 12.3 Å². The standard InChI is InChI=1S/C12H17N3S/c1-9-3-2-4-10(12(13)14)11(9)15-5-7-16-8-6-15/h2-4H,5-8H2,1H3,(H3,13,14). The molecule has 0 atom stereocenters. The molecular formula is C12H17N3S. The van der Waals surface area contributed by atoms with Gasteiger partial charge in [-0.2, -0.15) is 11.8 Å². The molecular weight excluding hydrogens is 218 g/mol. The number of amidine groups is 1. The first kappa shape index (κ1) is 11.3. The monoisotopic (exact) mass is 235 g/mol. The highest BCUT2D eigenvalue weighted by Crippen LogP contribution is 2.27. The summed E-state index contributed by atoms with van der Waals surface area (Å²) in [6.45, 7) is 4.19. The second-order valence-electron chi connectivity index (χ2n) is 3.98. The van der Waals surface area contributed by atoms with Gasteiger partial charge in [0, 0.05) is 30.2 Å². The fraction of sp³-hybridized carbons (Fsp3) is 0.417. The third kappa shape index (κ3) is 2.16. The van der Waals surface area contributed by atoms with Gasteiger partial charge in [0.1, 0.15) is 5.84 Å². The minimum Gasteiger partial charge on any atom is -0.384 e. The maximum absolute atomic E-state index is 7.64. The summed E-state index contributed by atoms with van der Waals surface area (Å²) in [5, 5.41) is 7.64. The van der Waals surface area contributed by atoms with Gasteiger partial charge in [-0.05, 0) is 18.6 Å². The number of anilines is 1. The largest absolute Gasteiger partial charge is 0.384 e. The number of rotatable bonds is 2. The molecule has 0 saturated carbocycles. The van der Waals surface area contributed by atoms with Crippen LogP contribution in [0.3, 0.4) is 0 Å². The van der Waals surface area contributed by atoms with Gasteiger partial charge in [0.15, 0.2) is 0 Å². The topological polar surface area (TPSA) is 53.1 Å². The van der Waals surface area contributed by atoms with E-state index in [1.54, 1.807) is 0 Å². The molecule has 0 amide bonds.